The highest BCUT2D eigenvalue weighted by Gasteiger charge is 2.42. The number of aliphatic hydroxyl groups is 3. The molecule has 1 aliphatic heterocycles. The van der Waals surface area contributed by atoms with Gasteiger partial charge in [-0.3, -0.25) is 4.79 Å². The van der Waals surface area contributed by atoms with E-state index in [1.807, 2.05) is 32.0 Å². The lowest BCUT2D eigenvalue weighted by Crippen LogP contribution is -2.47. The van der Waals surface area contributed by atoms with Crippen LogP contribution < -0.4 is 10.6 Å². The molecule has 1 aromatic carbocycles. The molecule has 0 unspecified atom stereocenters. The van der Waals surface area contributed by atoms with Crippen molar-refractivity contribution in [3.05, 3.63) is 47.8 Å². The van der Waals surface area contributed by atoms with Gasteiger partial charge >= 0.3 is 0 Å². The zero-order chi connectivity index (χ0) is 21.0. The highest BCUT2D eigenvalue weighted by atomic mass is 16.3. The maximum absolute atomic E-state index is 12.8. The van der Waals surface area contributed by atoms with Crippen LogP contribution in [-0.4, -0.2) is 67.1 Å². The molecule has 2 aromatic rings. The van der Waals surface area contributed by atoms with Crippen LogP contribution in [0.15, 0.2) is 36.5 Å². The minimum absolute atomic E-state index is 0.183. The first-order valence-electron chi connectivity index (χ1n) is 9.95. The highest BCUT2D eigenvalue weighted by molar-refractivity contribution is 5.94. The van der Waals surface area contributed by atoms with Gasteiger partial charge in [-0.15, -0.1) is 5.10 Å². The van der Waals surface area contributed by atoms with Crippen LogP contribution in [0.2, 0.25) is 0 Å². The highest BCUT2D eigenvalue weighted by Crippen LogP contribution is 2.29. The van der Waals surface area contributed by atoms with Crippen molar-refractivity contribution in [3.63, 3.8) is 0 Å². The normalized spacial score (nSPS) is 24.6. The maximum atomic E-state index is 12.8. The van der Waals surface area contributed by atoms with Gasteiger partial charge in [0.25, 0.3) is 5.91 Å². The molecule has 2 heterocycles. The van der Waals surface area contributed by atoms with Crippen LogP contribution in [0.3, 0.4) is 0 Å². The second-order valence-corrected chi connectivity index (χ2v) is 7.45. The molecule has 9 heteroatoms. The van der Waals surface area contributed by atoms with E-state index in [0.717, 1.165) is 5.69 Å². The SMILES string of the molecule is CCC(CC)(NC(=O)c1ccccc1)c1cnnn1C[C@H]1N[C@H](CO)[C@@H](O)[C@@H]1O. The lowest BCUT2D eigenvalue weighted by molar-refractivity contribution is 0.0173. The molecule has 0 radical (unpaired) electrons. The van der Waals surface area contributed by atoms with Crippen molar-refractivity contribution in [2.45, 2.75) is 63.1 Å². The van der Waals surface area contributed by atoms with E-state index >= 15 is 0 Å². The molecule has 158 valence electrons. The summed E-state index contributed by atoms with van der Waals surface area (Å²) in [5.74, 6) is -0.183. The van der Waals surface area contributed by atoms with E-state index in [1.54, 1.807) is 23.0 Å². The minimum atomic E-state index is -1.06. The van der Waals surface area contributed by atoms with Crippen molar-refractivity contribution >= 4 is 5.91 Å². The predicted octanol–water partition coefficient (Wildman–Crippen LogP) is -0.222. The third-order valence-electron chi connectivity index (χ3n) is 5.87. The standard InChI is InChI=1S/C20H29N5O4/c1-3-20(4-2,23-19(29)13-8-6-5-7-9-13)16-10-21-24-25(16)11-14-17(27)18(28)15(12-26)22-14/h5-10,14-15,17-18,22,26-28H,3-4,11-12H2,1-2H3,(H,23,29)/t14-,15-,17-,18-/m1/s1. The fraction of sp³-hybridized carbons (Fsp3) is 0.550. The first-order valence-corrected chi connectivity index (χ1v) is 9.95. The quantitative estimate of drug-likeness (QED) is 0.411. The summed E-state index contributed by atoms with van der Waals surface area (Å²) in [6.45, 7) is 3.94. The molecule has 29 heavy (non-hydrogen) atoms. The number of nitrogens with zero attached hydrogens (tertiary/aromatic N) is 3. The molecule has 4 atom stereocenters. The third-order valence-corrected chi connectivity index (χ3v) is 5.87. The van der Waals surface area contributed by atoms with Gasteiger partial charge in [0.15, 0.2) is 0 Å². The Bertz CT molecular complexity index is 808. The minimum Gasteiger partial charge on any atom is -0.395 e. The van der Waals surface area contributed by atoms with Gasteiger partial charge in [0, 0.05) is 5.56 Å². The molecule has 9 nitrogen and oxygen atoms in total. The fourth-order valence-electron chi connectivity index (χ4n) is 3.95. The lowest BCUT2D eigenvalue weighted by atomic mass is 9.88. The Morgan fingerprint density at radius 2 is 1.83 bits per heavy atom. The average Bonchev–Trinajstić information content (AvgIpc) is 3.33. The summed E-state index contributed by atoms with van der Waals surface area (Å²) in [4.78, 5) is 12.8. The van der Waals surface area contributed by atoms with Gasteiger partial charge in [-0.05, 0) is 25.0 Å². The molecule has 0 spiro atoms. The number of benzene rings is 1. The van der Waals surface area contributed by atoms with E-state index in [1.165, 1.54) is 0 Å². The molecular weight excluding hydrogens is 374 g/mol. The largest absolute Gasteiger partial charge is 0.395 e. The van der Waals surface area contributed by atoms with Crippen molar-refractivity contribution in [1.29, 1.82) is 0 Å². The molecule has 1 aromatic heterocycles. The number of carbonyl (C=O) groups excluding carboxylic acids is 1. The van der Waals surface area contributed by atoms with Crippen LogP contribution in [0.25, 0.3) is 0 Å². The number of aliphatic hydroxyl groups excluding tert-OH is 3. The number of hydrogen-bond acceptors (Lipinski definition) is 7. The van der Waals surface area contributed by atoms with Gasteiger partial charge in [-0.2, -0.15) is 0 Å². The predicted molar refractivity (Wildman–Crippen MR) is 106 cm³/mol. The van der Waals surface area contributed by atoms with Crippen LogP contribution in [0, 0.1) is 0 Å². The van der Waals surface area contributed by atoms with Crippen molar-refractivity contribution in [3.8, 4) is 0 Å². The van der Waals surface area contributed by atoms with E-state index in [-0.39, 0.29) is 19.1 Å². The van der Waals surface area contributed by atoms with Crippen LogP contribution in [0.1, 0.15) is 42.7 Å². The van der Waals surface area contributed by atoms with Gasteiger partial charge < -0.3 is 26.0 Å². The summed E-state index contributed by atoms with van der Waals surface area (Å²) in [5.41, 5.74) is 0.608. The molecule has 5 N–H and O–H groups in total. The number of rotatable bonds is 8. The van der Waals surface area contributed by atoms with Crippen LogP contribution in [0.4, 0.5) is 0 Å². The summed E-state index contributed by atoms with van der Waals surface area (Å²) in [5, 5.41) is 44.1. The number of nitrogens with one attached hydrogen (secondary N) is 2. The van der Waals surface area contributed by atoms with Crippen LogP contribution in [0.5, 0.6) is 0 Å². The lowest BCUT2D eigenvalue weighted by Gasteiger charge is -2.33. The average molecular weight is 403 g/mol. The molecule has 1 fully saturated rings. The molecule has 3 rings (SSSR count). The Labute approximate surface area is 169 Å². The Kier molecular flexibility index (Phi) is 6.63. The van der Waals surface area contributed by atoms with E-state index < -0.39 is 29.8 Å². The second-order valence-electron chi connectivity index (χ2n) is 7.45. The third kappa shape index (κ3) is 4.18. The Morgan fingerprint density at radius 3 is 2.41 bits per heavy atom. The first-order chi connectivity index (χ1) is 14.0. The van der Waals surface area contributed by atoms with Crippen molar-refractivity contribution in [1.82, 2.24) is 25.6 Å². The topological polar surface area (TPSA) is 133 Å². The van der Waals surface area contributed by atoms with Gasteiger partial charge in [-0.1, -0.05) is 37.3 Å². The summed E-state index contributed by atoms with van der Waals surface area (Å²) < 4.78 is 1.64. The Balaban J connectivity index is 1.84. The fourth-order valence-corrected chi connectivity index (χ4v) is 3.95. The molecule has 0 aliphatic carbocycles. The van der Waals surface area contributed by atoms with E-state index in [0.29, 0.717) is 18.4 Å². The van der Waals surface area contributed by atoms with E-state index in [2.05, 4.69) is 20.9 Å². The number of carbonyl (C=O) groups is 1. The van der Waals surface area contributed by atoms with Crippen LogP contribution >= 0.6 is 0 Å². The second kappa shape index (κ2) is 9.00. The summed E-state index contributed by atoms with van der Waals surface area (Å²) in [6, 6.07) is 7.91. The van der Waals surface area contributed by atoms with Crippen molar-refractivity contribution in [2.24, 2.45) is 0 Å². The van der Waals surface area contributed by atoms with Gasteiger partial charge in [0.2, 0.25) is 0 Å². The van der Waals surface area contributed by atoms with Gasteiger partial charge in [0.1, 0.15) is 0 Å². The molecule has 1 saturated heterocycles. The van der Waals surface area contributed by atoms with E-state index in [9.17, 15) is 20.1 Å². The number of amides is 1. The maximum Gasteiger partial charge on any atom is 0.252 e. The summed E-state index contributed by atoms with van der Waals surface area (Å²) in [7, 11) is 0. The zero-order valence-electron chi connectivity index (χ0n) is 16.7. The van der Waals surface area contributed by atoms with Crippen molar-refractivity contribution < 1.29 is 20.1 Å². The monoisotopic (exact) mass is 403 g/mol. The van der Waals surface area contributed by atoms with Gasteiger partial charge in [0.05, 0.1) is 54.9 Å². The molecule has 0 bridgehead atoms. The molecule has 0 saturated carbocycles. The van der Waals surface area contributed by atoms with Crippen LogP contribution in [-0.2, 0) is 12.1 Å². The Morgan fingerprint density at radius 1 is 1.17 bits per heavy atom. The molecular formula is C20H29N5O4. The van der Waals surface area contributed by atoms with E-state index in [4.69, 9.17) is 0 Å². The number of aromatic nitrogens is 3. The molecule has 1 amide bonds. The first kappa shape index (κ1) is 21.4. The van der Waals surface area contributed by atoms with Gasteiger partial charge in [-0.25, -0.2) is 4.68 Å². The molecule has 1 aliphatic rings. The van der Waals surface area contributed by atoms with Crippen molar-refractivity contribution in [2.75, 3.05) is 6.61 Å². The summed E-state index contributed by atoms with van der Waals surface area (Å²) in [6.07, 6.45) is 0.771. The smallest absolute Gasteiger partial charge is 0.252 e. The Hall–Kier alpha value is -2.33. The summed E-state index contributed by atoms with van der Waals surface area (Å²) >= 11 is 0. The zero-order valence-corrected chi connectivity index (χ0v) is 16.7. The number of hydrogen-bond donors (Lipinski definition) is 5.